The quantitative estimate of drug-likeness (QED) is 0.213. The third-order valence-electron chi connectivity index (χ3n) is 6.71. The van der Waals surface area contributed by atoms with Gasteiger partial charge in [0.25, 0.3) is 5.82 Å². The van der Waals surface area contributed by atoms with Crippen LogP contribution in [0.1, 0.15) is 40.7 Å². The second-order valence-electron chi connectivity index (χ2n) is 9.86. The number of hydrogen-bond donors (Lipinski definition) is 2. The number of hydrogen-bond acceptors (Lipinski definition) is 5. The number of pyridine rings is 1. The molecule has 0 radical (unpaired) electrons. The van der Waals surface area contributed by atoms with Crippen LogP contribution in [0.15, 0.2) is 60.8 Å². The number of nitrogens with one attached hydrogen (secondary N) is 1. The van der Waals surface area contributed by atoms with E-state index in [0.29, 0.717) is 36.7 Å². The van der Waals surface area contributed by atoms with Gasteiger partial charge in [-0.1, -0.05) is 18.2 Å². The molecule has 2 N–H and O–H groups in total. The zero-order valence-electron chi connectivity index (χ0n) is 21.9. The molecule has 0 saturated heterocycles. The molecule has 0 saturated carbocycles. The molecule has 212 valence electrons. The molecule has 1 atom stereocenters. The summed E-state index contributed by atoms with van der Waals surface area (Å²) in [4.78, 5) is 26.2. The molecule has 3 aromatic rings. The van der Waals surface area contributed by atoms with E-state index in [0.717, 1.165) is 33.6 Å². The van der Waals surface area contributed by atoms with Gasteiger partial charge in [-0.25, -0.2) is 4.73 Å². The molecule has 0 bridgehead atoms. The third-order valence-corrected chi connectivity index (χ3v) is 6.71. The van der Waals surface area contributed by atoms with Gasteiger partial charge in [0.15, 0.2) is 0 Å². The summed E-state index contributed by atoms with van der Waals surface area (Å²) >= 11 is 0. The molecule has 0 aliphatic carbocycles. The number of ether oxygens (including phenoxy) is 1. The molecule has 1 aliphatic heterocycles. The Hall–Kier alpha value is -4.28. The molecule has 11 heteroatoms. The highest BCUT2D eigenvalue weighted by atomic mass is 19.4. The van der Waals surface area contributed by atoms with E-state index in [1.54, 1.807) is 18.2 Å². The van der Waals surface area contributed by atoms with Crippen molar-refractivity contribution in [3.05, 3.63) is 93.8 Å². The molecule has 4 rings (SSSR count). The minimum atomic E-state index is -4.46. The lowest BCUT2D eigenvalue weighted by molar-refractivity contribution is -0.590. The molecule has 1 aromatic heterocycles. The first-order chi connectivity index (χ1) is 19.0. The maximum Gasteiger partial charge on any atom is 0.416 e. The Kier molecular flexibility index (Phi) is 8.81. The average Bonchev–Trinajstić information content (AvgIpc) is 3.01. The molecule has 8 nitrogen and oxygen atoms in total. The van der Waals surface area contributed by atoms with E-state index in [-0.39, 0.29) is 31.8 Å². The number of aryl methyl sites for hydroxylation is 1. The summed E-state index contributed by atoms with van der Waals surface area (Å²) < 4.78 is 45.5. The Morgan fingerprint density at radius 3 is 2.60 bits per heavy atom. The lowest BCUT2D eigenvalue weighted by Crippen LogP contribution is -2.35. The van der Waals surface area contributed by atoms with Gasteiger partial charge in [-0.15, -0.1) is 0 Å². The van der Waals surface area contributed by atoms with Gasteiger partial charge in [-0.05, 0) is 65.9 Å². The number of fused-ring (bicyclic) bond motifs is 1. The number of halogens is 3. The highest BCUT2D eigenvalue weighted by Crippen LogP contribution is 2.31. The van der Waals surface area contributed by atoms with Crippen molar-refractivity contribution >= 4 is 17.7 Å². The van der Waals surface area contributed by atoms with Crippen molar-refractivity contribution in [3.63, 3.8) is 0 Å². The van der Waals surface area contributed by atoms with Crippen LogP contribution in [-0.2, 0) is 35.3 Å². The number of rotatable bonds is 10. The lowest BCUT2D eigenvalue weighted by atomic mass is 9.94. The van der Waals surface area contributed by atoms with Crippen molar-refractivity contribution in [1.29, 1.82) is 0 Å². The highest BCUT2D eigenvalue weighted by molar-refractivity contribution is 5.84. The lowest BCUT2D eigenvalue weighted by Gasteiger charge is -2.24. The Balaban J connectivity index is 1.43. The Morgan fingerprint density at radius 1 is 1.15 bits per heavy atom. The van der Waals surface area contributed by atoms with Crippen molar-refractivity contribution in [2.24, 2.45) is 5.92 Å². The standard InChI is InChI=1S/C29H30F3N3O5/c1-19-9-11-35(39)26(13-19)33-10-2-12-40-25-8-5-21-14-22(16-27(36)37)28(38)34(18-23(21)15-25)17-20-3-6-24(7-4-20)29(30,31)32/h3-9,11,13,15,22,33H,2,10,12,14,16-18H2,1H3,(H,36,37)/t22-/m0/s1. The number of aromatic nitrogens is 1. The number of nitrogens with zero attached hydrogens (tertiary/aromatic N) is 2. The van der Waals surface area contributed by atoms with Crippen LogP contribution in [-0.4, -0.2) is 35.0 Å². The van der Waals surface area contributed by atoms with Gasteiger partial charge in [-0.2, -0.15) is 13.2 Å². The number of amides is 1. The van der Waals surface area contributed by atoms with Crippen molar-refractivity contribution < 1.29 is 37.3 Å². The molecule has 1 aliphatic rings. The van der Waals surface area contributed by atoms with Crippen LogP contribution in [0.2, 0.25) is 0 Å². The van der Waals surface area contributed by atoms with Crippen molar-refractivity contribution in [1.82, 2.24) is 4.90 Å². The molecule has 0 spiro atoms. The van der Waals surface area contributed by atoms with E-state index in [9.17, 15) is 33.1 Å². The van der Waals surface area contributed by atoms with Gasteiger partial charge in [0.05, 0.1) is 37.3 Å². The number of benzene rings is 2. The topological polar surface area (TPSA) is 106 Å². The number of carboxylic acids is 1. The van der Waals surface area contributed by atoms with Crippen LogP contribution >= 0.6 is 0 Å². The first-order valence-electron chi connectivity index (χ1n) is 12.8. The van der Waals surface area contributed by atoms with Gasteiger partial charge < -0.3 is 20.0 Å². The van der Waals surface area contributed by atoms with Crippen LogP contribution in [0, 0.1) is 18.0 Å². The van der Waals surface area contributed by atoms with Gasteiger partial charge in [-0.3, -0.25) is 14.9 Å². The second kappa shape index (κ2) is 12.3. The van der Waals surface area contributed by atoms with Crippen molar-refractivity contribution in [3.8, 4) is 5.75 Å². The monoisotopic (exact) mass is 557 g/mol. The average molecular weight is 558 g/mol. The Bertz CT molecular complexity index is 1360. The van der Waals surface area contributed by atoms with Crippen LogP contribution < -0.4 is 14.8 Å². The summed E-state index contributed by atoms with van der Waals surface area (Å²) in [5.41, 5.74) is 2.30. The summed E-state index contributed by atoms with van der Waals surface area (Å²) in [7, 11) is 0. The summed E-state index contributed by atoms with van der Waals surface area (Å²) in [6, 6.07) is 13.5. The third kappa shape index (κ3) is 7.43. The largest absolute Gasteiger partial charge is 0.711 e. The van der Waals surface area contributed by atoms with Gasteiger partial charge in [0, 0.05) is 25.6 Å². The van der Waals surface area contributed by atoms with E-state index in [1.165, 1.54) is 23.2 Å². The molecule has 1 amide bonds. The maximum absolute atomic E-state index is 13.3. The molecule has 2 heterocycles. The van der Waals surface area contributed by atoms with Gasteiger partial charge >= 0.3 is 12.1 Å². The van der Waals surface area contributed by atoms with E-state index < -0.39 is 23.6 Å². The first kappa shape index (κ1) is 28.7. The van der Waals surface area contributed by atoms with Gasteiger partial charge in [0.2, 0.25) is 5.91 Å². The number of carbonyl (C=O) groups excluding carboxylic acids is 1. The molecule has 2 aromatic carbocycles. The molecule has 0 fully saturated rings. The number of anilines is 1. The smallest absolute Gasteiger partial charge is 0.416 e. The fourth-order valence-corrected chi connectivity index (χ4v) is 4.66. The van der Waals surface area contributed by atoms with Crippen LogP contribution in [0.25, 0.3) is 0 Å². The fraction of sp³-hybridized carbons (Fsp3) is 0.345. The Labute approximate surface area is 229 Å². The predicted octanol–water partition coefficient (Wildman–Crippen LogP) is 4.70. The van der Waals surface area contributed by atoms with E-state index >= 15 is 0 Å². The zero-order chi connectivity index (χ0) is 28.9. The summed E-state index contributed by atoms with van der Waals surface area (Å²) in [5.74, 6) is -1.22. The zero-order valence-corrected chi connectivity index (χ0v) is 21.9. The normalized spacial score (nSPS) is 15.3. The van der Waals surface area contributed by atoms with E-state index in [4.69, 9.17) is 4.74 Å². The Morgan fingerprint density at radius 2 is 1.90 bits per heavy atom. The maximum atomic E-state index is 13.3. The summed E-state index contributed by atoms with van der Waals surface area (Å²) in [6.07, 6.45) is -2.52. The van der Waals surface area contributed by atoms with E-state index in [1.807, 2.05) is 19.1 Å². The van der Waals surface area contributed by atoms with Crippen LogP contribution in [0.5, 0.6) is 5.75 Å². The van der Waals surface area contributed by atoms with Crippen molar-refractivity contribution in [2.45, 2.75) is 45.5 Å². The predicted molar refractivity (Wildman–Crippen MR) is 140 cm³/mol. The molecule has 0 unspecified atom stereocenters. The van der Waals surface area contributed by atoms with Crippen molar-refractivity contribution in [2.75, 3.05) is 18.5 Å². The molecular weight excluding hydrogens is 527 g/mol. The second-order valence-corrected chi connectivity index (χ2v) is 9.86. The SMILES string of the molecule is Cc1cc[n+]([O-])c(NCCCOc2ccc3c(c2)CN(Cc2ccc(C(F)(F)F)cc2)C(=O)[C@H](CC(=O)O)C3)c1. The fourth-order valence-electron chi connectivity index (χ4n) is 4.66. The van der Waals surface area contributed by atoms with Crippen LogP contribution in [0.4, 0.5) is 19.0 Å². The van der Waals surface area contributed by atoms with E-state index in [2.05, 4.69) is 5.32 Å². The molecule has 40 heavy (non-hydrogen) atoms. The molecular formula is C29H30F3N3O5. The number of carbonyl (C=O) groups is 2. The van der Waals surface area contributed by atoms with Crippen LogP contribution in [0.3, 0.4) is 0 Å². The number of carboxylic acid groups (broad SMARTS) is 1. The number of alkyl halides is 3. The number of aliphatic carboxylic acids is 1. The minimum absolute atomic E-state index is 0.0436. The first-order valence-corrected chi connectivity index (χ1v) is 12.8. The summed E-state index contributed by atoms with van der Waals surface area (Å²) in [5, 5.41) is 24.3. The summed E-state index contributed by atoms with van der Waals surface area (Å²) in [6.45, 7) is 2.99. The highest BCUT2D eigenvalue weighted by Gasteiger charge is 2.32. The minimum Gasteiger partial charge on any atom is -0.711 e. The van der Waals surface area contributed by atoms with Gasteiger partial charge in [0.1, 0.15) is 5.75 Å².